The Morgan fingerprint density at radius 1 is 1.31 bits per heavy atom. The van der Waals surface area contributed by atoms with Gasteiger partial charge in [0.15, 0.2) is 4.34 Å². The molecule has 0 aliphatic carbocycles. The van der Waals surface area contributed by atoms with Crippen LogP contribution in [0.5, 0.6) is 0 Å². The van der Waals surface area contributed by atoms with E-state index >= 15 is 0 Å². The Labute approximate surface area is 163 Å². The molecule has 0 bridgehead atoms. The third-order valence-electron chi connectivity index (χ3n) is 3.83. The molecule has 0 saturated heterocycles. The van der Waals surface area contributed by atoms with Gasteiger partial charge in [-0.05, 0) is 31.2 Å². The molecule has 0 spiro atoms. The van der Waals surface area contributed by atoms with Crippen LogP contribution in [-0.2, 0) is 10.5 Å². The molecular formula is C19H14ClNO3S2. The Hall–Kier alpha value is -2.02. The summed E-state index contributed by atoms with van der Waals surface area (Å²) in [4.78, 5) is 16.9. The van der Waals surface area contributed by atoms with E-state index in [4.69, 9.17) is 20.8 Å². The number of esters is 1. The number of thiazole rings is 1. The van der Waals surface area contributed by atoms with E-state index in [1.807, 2.05) is 42.5 Å². The highest BCUT2D eigenvalue weighted by Crippen LogP contribution is 2.36. The maximum Gasteiger partial charge on any atom is 0.374 e. The number of thioether (sulfide) groups is 1. The fraction of sp³-hybridized carbons (Fsp3) is 0.158. The van der Waals surface area contributed by atoms with Gasteiger partial charge >= 0.3 is 5.97 Å². The lowest BCUT2D eigenvalue weighted by Gasteiger charge is -2.02. The Morgan fingerprint density at radius 2 is 2.15 bits per heavy atom. The summed E-state index contributed by atoms with van der Waals surface area (Å²) in [6.45, 7) is 2.09. The Kier molecular flexibility index (Phi) is 4.89. The fourth-order valence-corrected chi connectivity index (χ4v) is 4.92. The Balaban J connectivity index is 1.66. The molecular weight excluding hydrogens is 390 g/mol. The zero-order chi connectivity index (χ0) is 18.1. The van der Waals surface area contributed by atoms with Gasteiger partial charge in [-0.1, -0.05) is 41.6 Å². The lowest BCUT2D eigenvalue weighted by atomic mass is 10.1. The number of aromatic nitrogens is 1. The molecule has 2 aromatic carbocycles. The van der Waals surface area contributed by atoms with Gasteiger partial charge in [-0.2, -0.15) is 0 Å². The fourth-order valence-electron chi connectivity index (χ4n) is 2.68. The van der Waals surface area contributed by atoms with Gasteiger partial charge in [-0.15, -0.1) is 11.3 Å². The first-order chi connectivity index (χ1) is 12.7. The van der Waals surface area contributed by atoms with Crippen LogP contribution in [0.2, 0.25) is 5.02 Å². The molecule has 0 unspecified atom stereocenters. The van der Waals surface area contributed by atoms with E-state index in [1.54, 1.807) is 30.0 Å². The van der Waals surface area contributed by atoms with Gasteiger partial charge in [0.25, 0.3) is 0 Å². The van der Waals surface area contributed by atoms with E-state index in [2.05, 4.69) is 4.98 Å². The highest BCUT2D eigenvalue weighted by Gasteiger charge is 2.22. The molecule has 0 amide bonds. The minimum atomic E-state index is -0.435. The van der Waals surface area contributed by atoms with Crippen molar-refractivity contribution >= 4 is 61.9 Å². The molecule has 4 aromatic rings. The lowest BCUT2D eigenvalue weighted by molar-refractivity contribution is 0.0491. The van der Waals surface area contributed by atoms with Crippen molar-refractivity contribution in [3.63, 3.8) is 0 Å². The number of benzene rings is 2. The van der Waals surface area contributed by atoms with Crippen LogP contribution in [0.3, 0.4) is 0 Å². The predicted molar refractivity (Wildman–Crippen MR) is 106 cm³/mol. The third-order valence-corrected chi connectivity index (χ3v) is 6.27. The SMILES string of the molecule is CCOC(=O)c1oc2ccccc2c1CSc1nc2cc(Cl)ccc2s1. The Bertz CT molecular complexity index is 1100. The molecule has 0 aliphatic heterocycles. The number of carbonyl (C=O) groups is 1. The minimum Gasteiger partial charge on any atom is -0.460 e. The summed E-state index contributed by atoms with van der Waals surface area (Å²) in [5, 5.41) is 1.59. The number of para-hydroxylation sites is 1. The number of hydrogen-bond acceptors (Lipinski definition) is 6. The van der Waals surface area contributed by atoms with Crippen molar-refractivity contribution < 1.29 is 13.9 Å². The van der Waals surface area contributed by atoms with Crippen molar-refractivity contribution in [2.75, 3.05) is 6.61 Å². The van der Waals surface area contributed by atoms with Gasteiger partial charge in [0.2, 0.25) is 5.76 Å². The summed E-state index contributed by atoms with van der Waals surface area (Å²) in [7, 11) is 0. The average Bonchev–Trinajstić information content (AvgIpc) is 3.20. The van der Waals surface area contributed by atoms with E-state index in [1.165, 1.54) is 0 Å². The van der Waals surface area contributed by atoms with Crippen LogP contribution >= 0.6 is 34.7 Å². The molecule has 26 heavy (non-hydrogen) atoms. The number of halogens is 1. The summed E-state index contributed by atoms with van der Waals surface area (Å²) in [5.74, 6) is 0.402. The molecule has 2 heterocycles. The summed E-state index contributed by atoms with van der Waals surface area (Å²) in [6.07, 6.45) is 0. The van der Waals surface area contributed by atoms with Crippen molar-refractivity contribution in [2.24, 2.45) is 0 Å². The molecule has 0 saturated carbocycles. The molecule has 7 heteroatoms. The second kappa shape index (κ2) is 7.31. The molecule has 0 radical (unpaired) electrons. The molecule has 2 aromatic heterocycles. The zero-order valence-electron chi connectivity index (χ0n) is 13.8. The van der Waals surface area contributed by atoms with Gasteiger partial charge in [-0.3, -0.25) is 0 Å². The normalized spacial score (nSPS) is 11.3. The Morgan fingerprint density at radius 3 is 3.00 bits per heavy atom. The van der Waals surface area contributed by atoms with Gasteiger partial charge in [0.05, 0.1) is 16.8 Å². The molecule has 0 fully saturated rings. The quantitative estimate of drug-likeness (QED) is 0.295. The maximum absolute atomic E-state index is 12.3. The molecule has 4 nitrogen and oxygen atoms in total. The van der Waals surface area contributed by atoms with Crippen LogP contribution < -0.4 is 0 Å². The van der Waals surface area contributed by atoms with Crippen molar-refractivity contribution in [2.45, 2.75) is 17.0 Å². The second-order valence-electron chi connectivity index (χ2n) is 5.51. The molecule has 0 atom stereocenters. The van der Waals surface area contributed by atoms with Crippen LogP contribution in [0.15, 0.2) is 51.2 Å². The van der Waals surface area contributed by atoms with Crippen LogP contribution in [0.25, 0.3) is 21.2 Å². The zero-order valence-corrected chi connectivity index (χ0v) is 16.2. The molecule has 0 aliphatic rings. The van der Waals surface area contributed by atoms with E-state index in [0.717, 1.165) is 25.5 Å². The first-order valence-corrected chi connectivity index (χ1v) is 10.2. The van der Waals surface area contributed by atoms with Crippen LogP contribution in [0.1, 0.15) is 23.0 Å². The summed E-state index contributed by atoms with van der Waals surface area (Å²) >= 11 is 9.21. The monoisotopic (exact) mass is 403 g/mol. The van der Waals surface area contributed by atoms with Gasteiger partial charge < -0.3 is 9.15 Å². The number of fused-ring (bicyclic) bond motifs is 2. The number of furan rings is 1. The number of nitrogens with zero attached hydrogens (tertiary/aromatic N) is 1. The average molecular weight is 404 g/mol. The third kappa shape index (κ3) is 3.32. The van der Waals surface area contributed by atoms with Gasteiger partial charge in [-0.25, -0.2) is 9.78 Å². The maximum atomic E-state index is 12.3. The van der Waals surface area contributed by atoms with Crippen molar-refractivity contribution in [1.29, 1.82) is 0 Å². The van der Waals surface area contributed by atoms with Crippen LogP contribution in [-0.4, -0.2) is 17.6 Å². The van der Waals surface area contributed by atoms with E-state index in [0.29, 0.717) is 23.0 Å². The number of rotatable bonds is 5. The predicted octanol–water partition coefficient (Wildman–Crippen LogP) is 6.16. The number of carbonyl (C=O) groups excluding carboxylic acids is 1. The summed E-state index contributed by atoms with van der Waals surface area (Å²) < 4.78 is 12.9. The van der Waals surface area contributed by atoms with Crippen LogP contribution in [0.4, 0.5) is 0 Å². The second-order valence-corrected chi connectivity index (χ2v) is 8.20. The standard InChI is InChI=1S/C19H14ClNO3S2/c1-2-23-18(22)17-13(12-5-3-4-6-15(12)24-17)10-25-19-21-14-9-11(20)7-8-16(14)26-19/h3-9H,2,10H2,1H3. The molecule has 4 rings (SSSR count). The van der Waals surface area contributed by atoms with E-state index in [-0.39, 0.29) is 5.76 Å². The van der Waals surface area contributed by atoms with Crippen molar-refractivity contribution in [3.8, 4) is 0 Å². The minimum absolute atomic E-state index is 0.268. The van der Waals surface area contributed by atoms with Gasteiger partial charge in [0, 0.05) is 21.7 Å². The summed E-state index contributed by atoms with van der Waals surface area (Å²) in [6, 6.07) is 13.3. The van der Waals surface area contributed by atoms with Crippen molar-refractivity contribution in [3.05, 3.63) is 58.8 Å². The lowest BCUT2D eigenvalue weighted by Crippen LogP contribution is -2.05. The van der Waals surface area contributed by atoms with Crippen LogP contribution in [0, 0.1) is 0 Å². The van der Waals surface area contributed by atoms with E-state index in [9.17, 15) is 4.79 Å². The number of hydrogen-bond donors (Lipinski definition) is 0. The molecule has 0 N–H and O–H groups in total. The first-order valence-electron chi connectivity index (χ1n) is 8.02. The summed E-state index contributed by atoms with van der Waals surface area (Å²) in [5.41, 5.74) is 2.40. The largest absolute Gasteiger partial charge is 0.460 e. The highest BCUT2D eigenvalue weighted by molar-refractivity contribution is 8.00. The highest BCUT2D eigenvalue weighted by atomic mass is 35.5. The molecule has 132 valence electrons. The van der Waals surface area contributed by atoms with E-state index < -0.39 is 5.97 Å². The smallest absolute Gasteiger partial charge is 0.374 e. The van der Waals surface area contributed by atoms with Crippen molar-refractivity contribution in [1.82, 2.24) is 4.98 Å². The number of ether oxygens (including phenoxy) is 1. The topological polar surface area (TPSA) is 52.3 Å². The van der Waals surface area contributed by atoms with Gasteiger partial charge in [0.1, 0.15) is 5.58 Å². The first kappa shape index (κ1) is 17.4.